The number of aliphatic hydroxyl groups excluding tert-OH is 1. The van der Waals surface area contributed by atoms with Crippen LogP contribution < -0.4 is 15.8 Å². The Labute approximate surface area is 99.6 Å². The van der Waals surface area contributed by atoms with Crippen molar-refractivity contribution in [1.29, 1.82) is 0 Å². The topological polar surface area (TPSA) is 84.6 Å². The number of fused-ring (bicyclic) bond motifs is 1. The molecule has 0 fully saturated rings. The zero-order chi connectivity index (χ0) is 12.6. The Morgan fingerprint density at radius 2 is 2.24 bits per heavy atom. The van der Waals surface area contributed by atoms with Gasteiger partial charge in [-0.25, -0.2) is 0 Å². The van der Waals surface area contributed by atoms with Crippen molar-refractivity contribution < 1.29 is 14.6 Å². The highest BCUT2D eigenvalue weighted by molar-refractivity contribution is 6.00. The van der Waals surface area contributed by atoms with E-state index < -0.39 is 11.7 Å². The van der Waals surface area contributed by atoms with Gasteiger partial charge in [-0.15, -0.1) is 0 Å². The van der Waals surface area contributed by atoms with Crippen molar-refractivity contribution in [2.45, 2.75) is 25.6 Å². The van der Waals surface area contributed by atoms with E-state index >= 15 is 0 Å². The van der Waals surface area contributed by atoms with Crippen LogP contribution in [0, 0.1) is 0 Å². The van der Waals surface area contributed by atoms with Crippen LogP contribution in [0.15, 0.2) is 18.2 Å². The standard InChI is InChI=1S/C12H16N2O3/c1-12(2)11(16)14-8-4-3-7(9(15)6-13)5-10(8)17-12/h3-5,9,15H,6,13H2,1-2H3,(H,14,16). The van der Waals surface area contributed by atoms with E-state index in [1.165, 1.54) is 0 Å². The number of carbonyl (C=O) groups excluding carboxylic acids is 1. The van der Waals surface area contributed by atoms with Crippen LogP contribution in [0.3, 0.4) is 0 Å². The monoisotopic (exact) mass is 236 g/mol. The summed E-state index contributed by atoms with van der Waals surface area (Å²) < 4.78 is 5.60. The van der Waals surface area contributed by atoms with Gasteiger partial charge in [-0.2, -0.15) is 0 Å². The molecular formula is C12H16N2O3. The number of nitrogens with one attached hydrogen (secondary N) is 1. The normalized spacial score (nSPS) is 18.9. The molecule has 1 aromatic rings. The zero-order valence-corrected chi connectivity index (χ0v) is 9.86. The van der Waals surface area contributed by atoms with Crippen molar-refractivity contribution in [2.24, 2.45) is 5.73 Å². The summed E-state index contributed by atoms with van der Waals surface area (Å²) in [5.74, 6) is 0.372. The van der Waals surface area contributed by atoms with Crippen molar-refractivity contribution >= 4 is 11.6 Å². The number of benzene rings is 1. The minimum atomic E-state index is -0.903. The van der Waals surface area contributed by atoms with E-state index in [9.17, 15) is 9.90 Å². The van der Waals surface area contributed by atoms with Crippen LogP contribution in [0.2, 0.25) is 0 Å². The van der Waals surface area contributed by atoms with Crippen LogP contribution in [-0.4, -0.2) is 23.2 Å². The van der Waals surface area contributed by atoms with Gasteiger partial charge in [-0.3, -0.25) is 4.79 Å². The van der Waals surface area contributed by atoms with Crippen molar-refractivity contribution in [3.05, 3.63) is 23.8 Å². The van der Waals surface area contributed by atoms with Crippen molar-refractivity contribution in [2.75, 3.05) is 11.9 Å². The molecule has 0 saturated heterocycles. The lowest BCUT2D eigenvalue weighted by molar-refractivity contribution is -0.129. The minimum absolute atomic E-state index is 0.147. The highest BCUT2D eigenvalue weighted by atomic mass is 16.5. The van der Waals surface area contributed by atoms with E-state index in [1.54, 1.807) is 32.0 Å². The largest absolute Gasteiger partial charge is 0.476 e. The molecule has 0 bridgehead atoms. The van der Waals surface area contributed by atoms with Gasteiger partial charge in [0.25, 0.3) is 5.91 Å². The second kappa shape index (κ2) is 4.01. The fraction of sp³-hybridized carbons (Fsp3) is 0.417. The molecule has 1 heterocycles. The van der Waals surface area contributed by atoms with Gasteiger partial charge in [0.2, 0.25) is 0 Å². The van der Waals surface area contributed by atoms with Crippen LogP contribution in [0.5, 0.6) is 5.75 Å². The summed E-state index contributed by atoms with van der Waals surface area (Å²) in [6.45, 7) is 3.53. The zero-order valence-electron chi connectivity index (χ0n) is 9.86. The molecule has 92 valence electrons. The molecule has 4 N–H and O–H groups in total. The summed E-state index contributed by atoms with van der Waals surface area (Å²) in [4.78, 5) is 11.6. The fourth-order valence-electron chi connectivity index (χ4n) is 1.66. The third-order valence-electron chi connectivity index (χ3n) is 2.77. The Bertz CT molecular complexity index is 457. The van der Waals surface area contributed by atoms with Crippen molar-refractivity contribution in [3.63, 3.8) is 0 Å². The lowest BCUT2D eigenvalue weighted by Crippen LogP contribution is -2.45. The lowest BCUT2D eigenvalue weighted by Gasteiger charge is -2.32. The first-order chi connectivity index (χ1) is 7.94. The molecule has 0 radical (unpaired) electrons. The lowest BCUT2D eigenvalue weighted by atomic mass is 10.0. The van der Waals surface area contributed by atoms with Gasteiger partial charge in [0, 0.05) is 6.54 Å². The van der Waals surface area contributed by atoms with Gasteiger partial charge >= 0.3 is 0 Å². The number of rotatable bonds is 2. The Hall–Kier alpha value is -1.59. The Morgan fingerprint density at radius 1 is 1.53 bits per heavy atom. The predicted octanol–water partition coefficient (Wildman–Crippen LogP) is 0.788. The number of ether oxygens (including phenoxy) is 1. The Kier molecular flexibility index (Phi) is 2.81. The van der Waals surface area contributed by atoms with E-state index in [2.05, 4.69) is 5.32 Å². The average molecular weight is 236 g/mol. The van der Waals surface area contributed by atoms with Crippen LogP contribution >= 0.6 is 0 Å². The summed E-state index contributed by atoms with van der Waals surface area (Å²) in [5, 5.41) is 12.4. The van der Waals surface area contributed by atoms with Gasteiger partial charge < -0.3 is 20.9 Å². The van der Waals surface area contributed by atoms with Crippen LogP contribution in [-0.2, 0) is 4.79 Å². The average Bonchev–Trinajstić information content (AvgIpc) is 2.28. The Balaban J connectivity index is 2.37. The smallest absolute Gasteiger partial charge is 0.268 e. The highest BCUT2D eigenvalue weighted by Crippen LogP contribution is 2.35. The number of amides is 1. The van der Waals surface area contributed by atoms with E-state index in [-0.39, 0.29) is 12.5 Å². The van der Waals surface area contributed by atoms with E-state index in [0.717, 1.165) is 0 Å². The van der Waals surface area contributed by atoms with Gasteiger partial charge in [-0.05, 0) is 31.5 Å². The minimum Gasteiger partial charge on any atom is -0.476 e. The molecule has 1 aliphatic rings. The quantitative estimate of drug-likeness (QED) is 0.708. The molecule has 5 heteroatoms. The maximum absolute atomic E-state index is 11.6. The Morgan fingerprint density at radius 3 is 2.88 bits per heavy atom. The number of hydrogen-bond acceptors (Lipinski definition) is 4. The molecule has 1 aromatic carbocycles. The molecule has 1 aliphatic heterocycles. The second-order valence-electron chi connectivity index (χ2n) is 4.57. The number of hydrogen-bond donors (Lipinski definition) is 3. The third-order valence-corrected chi connectivity index (χ3v) is 2.77. The maximum Gasteiger partial charge on any atom is 0.268 e. The number of carbonyl (C=O) groups is 1. The van der Waals surface area contributed by atoms with Crippen LogP contribution in [0.25, 0.3) is 0 Å². The van der Waals surface area contributed by atoms with Gasteiger partial charge in [0.05, 0.1) is 11.8 Å². The number of anilines is 1. The second-order valence-corrected chi connectivity index (χ2v) is 4.57. The van der Waals surface area contributed by atoms with Crippen LogP contribution in [0.1, 0.15) is 25.5 Å². The summed E-state index contributed by atoms with van der Waals surface area (Å²) >= 11 is 0. The molecule has 1 amide bonds. The van der Waals surface area contributed by atoms with Crippen molar-refractivity contribution in [1.82, 2.24) is 0 Å². The first kappa shape index (κ1) is 11.9. The van der Waals surface area contributed by atoms with Crippen LogP contribution in [0.4, 0.5) is 5.69 Å². The summed E-state index contributed by atoms with van der Waals surface area (Å²) in [7, 11) is 0. The SMILES string of the molecule is CC1(C)Oc2cc(C(O)CN)ccc2NC1=O. The summed E-state index contributed by atoms with van der Waals surface area (Å²) in [6.07, 6.45) is -0.718. The number of nitrogens with two attached hydrogens (primary N) is 1. The molecule has 5 nitrogen and oxygen atoms in total. The molecule has 0 saturated carbocycles. The molecule has 0 aromatic heterocycles. The summed E-state index contributed by atoms with van der Waals surface area (Å²) in [5.41, 5.74) is 5.78. The van der Waals surface area contributed by atoms with Gasteiger partial charge in [-0.1, -0.05) is 6.07 Å². The molecule has 0 spiro atoms. The molecule has 1 atom stereocenters. The number of aliphatic hydroxyl groups is 1. The molecule has 17 heavy (non-hydrogen) atoms. The maximum atomic E-state index is 11.6. The van der Waals surface area contributed by atoms with E-state index in [0.29, 0.717) is 17.0 Å². The van der Waals surface area contributed by atoms with Crippen molar-refractivity contribution in [3.8, 4) is 5.75 Å². The third kappa shape index (κ3) is 2.11. The van der Waals surface area contributed by atoms with E-state index in [4.69, 9.17) is 10.5 Å². The molecule has 2 rings (SSSR count). The first-order valence-corrected chi connectivity index (χ1v) is 5.46. The van der Waals surface area contributed by atoms with E-state index in [1.807, 2.05) is 0 Å². The van der Waals surface area contributed by atoms with Gasteiger partial charge in [0.15, 0.2) is 5.60 Å². The highest BCUT2D eigenvalue weighted by Gasteiger charge is 2.35. The molecule has 1 unspecified atom stereocenters. The fourth-order valence-corrected chi connectivity index (χ4v) is 1.66. The predicted molar refractivity (Wildman–Crippen MR) is 63.8 cm³/mol. The molecular weight excluding hydrogens is 220 g/mol. The first-order valence-electron chi connectivity index (χ1n) is 5.46. The summed E-state index contributed by atoms with van der Waals surface area (Å²) in [6, 6.07) is 5.13. The van der Waals surface area contributed by atoms with Gasteiger partial charge in [0.1, 0.15) is 5.75 Å². The molecule has 0 aliphatic carbocycles.